The molecule has 1 aromatic rings. The first kappa shape index (κ1) is 13.7. The van der Waals surface area contributed by atoms with Crippen molar-refractivity contribution in [1.29, 1.82) is 0 Å². The first-order chi connectivity index (χ1) is 7.90. The lowest BCUT2D eigenvalue weighted by Crippen LogP contribution is -2.31. The molecule has 0 radical (unpaired) electrons. The summed E-state index contributed by atoms with van der Waals surface area (Å²) < 4.78 is 10.5. The van der Waals surface area contributed by atoms with Gasteiger partial charge < -0.3 is 9.15 Å². The predicted molar refractivity (Wildman–Crippen MR) is 63.4 cm³/mol. The number of nitrogens with one attached hydrogen (secondary N) is 1. The van der Waals surface area contributed by atoms with Gasteiger partial charge in [-0.15, -0.1) is 0 Å². The number of aromatic nitrogens is 1. The second-order valence-electron chi connectivity index (χ2n) is 4.76. The molecule has 5 nitrogen and oxygen atoms in total. The number of carbonyl (C=O) groups excluding carboxylic acids is 1. The number of oxazole rings is 1. The molecule has 0 fully saturated rings. The summed E-state index contributed by atoms with van der Waals surface area (Å²) in [6.07, 6.45) is 2.52. The summed E-state index contributed by atoms with van der Waals surface area (Å²) in [6, 6.07) is 0. The third kappa shape index (κ3) is 5.49. The zero-order valence-corrected chi connectivity index (χ0v) is 10.9. The van der Waals surface area contributed by atoms with Crippen molar-refractivity contribution in [3.63, 3.8) is 0 Å². The minimum absolute atomic E-state index is 0.154. The summed E-state index contributed by atoms with van der Waals surface area (Å²) in [7, 11) is 0. The lowest BCUT2D eigenvalue weighted by molar-refractivity contribution is -0.153. The fourth-order valence-electron chi connectivity index (χ4n) is 1.24. The molecule has 0 saturated carbocycles. The number of ether oxygens (including phenoxy) is 1. The topological polar surface area (TPSA) is 64.4 Å². The fraction of sp³-hybridized carbons (Fsp3) is 0.667. The maximum atomic E-state index is 11.4. The van der Waals surface area contributed by atoms with Crippen LogP contribution in [0.4, 0.5) is 0 Å². The van der Waals surface area contributed by atoms with E-state index in [4.69, 9.17) is 9.15 Å². The molecule has 1 N–H and O–H groups in total. The lowest BCUT2D eigenvalue weighted by Gasteiger charge is -2.19. The van der Waals surface area contributed by atoms with E-state index >= 15 is 0 Å². The molecule has 0 atom stereocenters. The second kappa shape index (κ2) is 5.82. The molecule has 0 aliphatic heterocycles. The van der Waals surface area contributed by atoms with Gasteiger partial charge >= 0.3 is 5.97 Å². The van der Waals surface area contributed by atoms with Crippen molar-refractivity contribution in [2.24, 2.45) is 0 Å². The number of hydrogen-bond acceptors (Lipinski definition) is 5. The first-order valence-corrected chi connectivity index (χ1v) is 5.77. The maximum absolute atomic E-state index is 11.4. The van der Waals surface area contributed by atoms with Crippen LogP contribution in [0.1, 0.15) is 39.3 Å². The number of hydrogen-bond donors (Lipinski definition) is 1. The highest BCUT2D eigenvalue weighted by atomic mass is 16.6. The van der Waals surface area contributed by atoms with Crippen LogP contribution >= 0.6 is 0 Å². The third-order valence-electron chi connectivity index (χ3n) is 1.92. The van der Waals surface area contributed by atoms with E-state index in [1.807, 2.05) is 27.7 Å². The van der Waals surface area contributed by atoms with Gasteiger partial charge in [0.2, 0.25) is 5.89 Å². The van der Waals surface area contributed by atoms with Crippen molar-refractivity contribution in [3.05, 3.63) is 17.8 Å². The van der Waals surface area contributed by atoms with Crippen LogP contribution in [0.15, 0.2) is 10.6 Å². The van der Waals surface area contributed by atoms with Crippen molar-refractivity contribution in [1.82, 2.24) is 10.3 Å². The fourth-order valence-corrected chi connectivity index (χ4v) is 1.24. The summed E-state index contributed by atoms with van der Waals surface area (Å²) >= 11 is 0. The Kier molecular flexibility index (Phi) is 4.69. The molecular weight excluding hydrogens is 220 g/mol. The van der Waals surface area contributed by atoms with Crippen molar-refractivity contribution >= 4 is 5.97 Å². The molecule has 1 rings (SSSR count). The van der Waals surface area contributed by atoms with Gasteiger partial charge in [0.25, 0.3) is 0 Å². The summed E-state index contributed by atoms with van der Waals surface area (Å²) in [6.45, 7) is 8.10. The Morgan fingerprint density at radius 1 is 1.53 bits per heavy atom. The third-order valence-corrected chi connectivity index (χ3v) is 1.92. The monoisotopic (exact) mass is 240 g/mol. The molecule has 0 amide bonds. The van der Waals surface area contributed by atoms with Gasteiger partial charge in [0.1, 0.15) is 11.4 Å². The van der Waals surface area contributed by atoms with E-state index in [-0.39, 0.29) is 12.5 Å². The standard InChI is InChI=1S/C12H20N2O3/c1-5-9-6-14-10(16-9)7-13-8-11(15)17-12(2,3)4/h6,13H,5,7-8H2,1-4H3. The van der Waals surface area contributed by atoms with Crippen LogP contribution in [0.3, 0.4) is 0 Å². The van der Waals surface area contributed by atoms with Crippen LogP contribution < -0.4 is 5.32 Å². The quantitative estimate of drug-likeness (QED) is 0.793. The number of esters is 1. The zero-order valence-electron chi connectivity index (χ0n) is 10.9. The van der Waals surface area contributed by atoms with E-state index in [9.17, 15) is 4.79 Å². The molecule has 96 valence electrons. The Bertz CT molecular complexity index is 366. The van der Waals surface area contributed by atoms with Crippen LogP contribution in [0.5, 0.6) is 0 Å². The molecule has 0 saturated heterocycles. The van der Waals surface area contributed by atoms with Gasteiger partial charge in [-0.2, -0.15) is 0 Å². The van der Waals surface area contributed by atoms with E-state index < -0.39 is 5.60 Å². The van der Waals surface area contributed by atoms with Crippen molar-refractivity contribution in [3.8, 4) is 0 Å². The van der Waals surface area contributed by atoms with Gasteiger partial charge in [0, 0.05) is 6.42 Å². The van der Waals surface area contributed by atoms with Crippen LogP contribution in [0, 0.1) is 0 Å². The molecule has 0 aromatic carbocycles. The Morgan fingerprint density at radius 3 is 2.76 bits per heavy atom. The molecule has 1 heterocycles. The van der Waals surface area contributed by atoms with Gasteiger partial charge in [0.05, 0.1) is 19.3 Å². The minimum atomic E-state index is -0.447. The van der Waals surface area contributed by atoms with Crippen molar-refractivity contribution in [2.75, 3.05) is 6.54 Å². The summed E-state index contributed by atoms with van der Waals surface area (Å²) in [5, 5.41) is 2.93. The van der Waals surface area contributed by atoms with E-state index in [2.05, 4.69) is 10.3 Å². The Labute approximate surface area is 102 Å². The van der Waals surface area contributed by atoms with E-state index in [1.165, 1.54) is 0 Å². The maximum Gasteiger partial charge on any atom is 0.320 e. The number of rotatable bonds is 5. The average molecular weight is 240 g/mol. The highest BCUT2D eigenvalue weighted by Crippen LogP contribution is 2.06. The molecule has 0 aliphatic rings. The van der Waals surface area contributed by atoms with Crippen LogP contribution in [-0.2, 0) is 22.5 Å². The molecule has 0 aliphatic carbocycles. The smallest absolute Gasteiger partial charge is 0.320 e. The van der Waals surface area contributed by atoms with Crippen LogP contribution in [0.2, 0.25) is 0 Å². The van der Waals surface area contributed by atoms with E-state index in [0.29, 0.717) is 12.4 Å². The van der Waals surface area contributed by atoms with Crippen LogP contribution in [-0.4, -0.2) is 23.1 Å². The van der Waals surface area contributed by atoms with Crippen LogP contribution in [0.25, 0.3) is 0 Å². The Balaban J connectivity index is 2.26. The highest BCUT2D eigenvalue weighted by molar-refractivity contribution is 5.72. The number of carbonyl (C=O) groups is 1. The van der Waals surface area contributed by atoms with Crippen molar-refractivity contribution in [2.45, 2.75) is 46.3 Å². The largest absolute Gasteiger partial charge is 0.459 e. The SMILES string of the molecule is CCc1cnc(CNCC(=O)OC(C)(C)C)o1. The molecule has 0 spiro atoms. The van der Waals surface area contributed by atoms with Crippen molar-refractivity contribution < 1.29 is 13.9 Å². The first-order valence-electron chi connectivity index (χ1n) is 5.77. The molecule has 5 heteroatoms. The molecule has 0 unspecified atom stereocenters. The molecule has 1 aromatic heterocycles. The average Bonchev–Trinajstić information content (AvgIpc) is 2.63. The van der Waals surface area contributed by atoms with E-state index in [0.717, 1.165) is 12.2 Å². The van der Waals surface area contributed by atoms with E-state index in [1.54, 1.807) is 6.20 Å². The zero-order chi connectivity index (χ0) is 12.9. The Hall–Kier alpha value is -1.36. The molecule has 0 bridgehead atoms. The molecular formula is C12H20N2O3. The van der Waals surface area contributed by atoms with Gasteiger partial charge in [-0.25, -0.2) is 4.98 Å². The second-order valence-corrected chi connectivity index (χ2v) is 4.76. The van der Waals surface area contributed by atoms with Gasteiger partial charge in [0.15, 0.2) is 0 Å². The number of aryl methyl sites for hydroxylation is 1. The normalized spacial score (nSPS) is 11.5. The van der Waals surface area contributed by atoms with Gasteiger partial charge in [-0.3, -0.25) is 10.1 Å². The predicted octanol–water partition coefficient (Wildman–Crippen LogP) is 1.67. The van der Waals surface area contributed by atoms with Gasteiger partial charge in [-0.1, -0.05) is 6.92 Å². The summed E-state index contributed by atoms with van der Waals surface area (Å²) in [5.41, 5.74) is -0.447. The summed E-state index contributed by atoms with van der Waals surface area (Å²) in [5.74, 6) is 1.16. The number of nitrogens with zero attached hydrogens (tertiary/aromatic N) is 1. The summed E-state index contributed by atoms with van der Waals surface area (Å²) in [4.78, 5) is 15.5. The molecule has 17 heavy (non-hydrogen) atoms. The Morgan fingerprint density at radius 2 is 2.24 bits per heavy atom. The van der Waals surface area contributed by atoms with Gasteiger partial charge in [-0.05, 0) is 20.8 Å². The minimum Gasteiger partial charge on any atom is -0.459 e. The lowest BCUT2D eigenvalue weighted by atomic mass is 10.2. The highest BCUT2D eigenvalue weighted by Gasteiger charge is 2.15.